The van der Waals surface area contributed by atoms with E-state index in [4.69, 9.17) is 21.3 Å². The smallest absolute Gasteiger partial charge is 0.254 e. The summed E-state index contributed by atoms with van der Waals surface area (Å²) in [6.07, 6.45) is 3.90. The van der Waals surface area contributed by atoms with Gasteiger partial charge < -0.3 is 9.64 Å². The highest BCUT2D eigenvalue weighted by molar-refractivity contribution is 6.30. The summed E-state index contributed by atoms with van der Waals surface area (Å²) in [7, 11) is 1.78. The standard InChI is InChI=1S/C25H24ClN5O2/c1-16-23-20(25(32)30(2)12-13-33-19-7-5-6-18(26)14-19)15-21(17-9-10-17)28-24(23)31(29-16)22-8-3-4-11-27-22/h3-8,11,14-15,17H,9-10,12-13H2,1-2H3. The number of carbonyl (C=O) groups excluding carboxylic acids is 1. The van der Waals surface area contributed by atoms with Crippen molar-refractivity contribution in [3.05, 3.63) is 76.7 Å². The van der Waals surface area contributed by atoms with Gasteiger partial charge in [-0.25, -0.2) is 9.97 Å². The van der Waals surface area contributed by atoms with Crippen LogP contribution < -0.4 is 4.74 Å². The zero-order valence-corrected chi connectivity index (χ0v) is 19.3. The zero-order valence-electron chi connectivity index (χ0n) is 18.5. The molecular weight excluding hydrogens is 438 g/mol. The highest BCUT2D eigenvalue weighted by atomic mass is 35.5. The third-order valence-corrected chi connectivity index (χ3v) is 6.00. The van der Waals surface area contributed by atoms with Gasteiger partial charge in [-0.1, -0.05) is 23.7 Å². The summed E-state index contributed by atoms with van der Waals surface area (Å²) in [5.41, 5.74) is 2.97. The minimum atomic E-state index is -0.0809. The molecule has 4 aromatic rings. The van der Waals surface area contributed by atoms with Crippen LogP contribution in [0.25, 0.3) is 16.9 Å². The van der Waals surface area contributed by atoms with Crippen LogP contribution in [-0.2, 0) is 0 Å². The highest BCUT2D eigenvalue weighted by Gasteiger charge is 2.29. The van der Waals surface area contributed by atoms with Gasteiger partial charge in [0.25, 0.3) is 5.91 Å². The first-order chi connectivity index (χ1) is 16.0. The summed E-state index contributed by atoms with van der Waals surface area (Å²) < 4.78 is 7.50. The van der Waals surface area contributed by atoms with Gasteiger partial charge in [-0.3, -0.25) is 4.79 Å². The molecule has 0 spiro atoms. The lowest BCUT2D eigenvalue weighted by Gasteiger charge is -2.19. The van der Waals surface area contributed by atoms with Crippen molar-refractivity contribution >= 4 is 28.5 Å². The van der Waals surface area contributed by atoms with Gasteiger partial charge in [-0.05, 0) is 56.2 Å². The number of hydrogen-bond acceptors (Lipinski definition) is 5. The number of carbonyl (C=O) groups is 1. The van der Waals surface area contributed by atoms with E-state index >= 15 is 0 Å². The first-order valence-electron chi connectivity index (χ1n) is 11.0. The molecule has 7 nitrogen and oxygen atoms in total. The van der Waals surface area contributed by atoms with Crippen molar-refractivity contribution < 1.29 is 9.53 Å². The molecule has 1 fully saturated rings. The van der Waals surface area contributed by atoms with Gasteiger partial charge in [0.05, 0.1) is 23.2 Å². The molecule has 0 saturated heterocycles. The van der Waals surface area contributed by atoms with Gasteiger partial charge in [0.2, 0.25) is 0 Å². The Hall–Kier alpha value is -3.45. The molecule has 8 heteroatoms. The van der Waals surface area contributed by atoms with E-state index in [0.717, 1.165) is 29.6 Å². The number of halogens is 1. The molecule has 1 saturated carbocycles. The Bertz CT molecular complexity index is 1320. The second kappa shape index (κ2) is 8.83. The number of amides is 1. The Balaban J connectivity index is 1.45. The molecule has 3 heterocycles. The van der Waals surface area contributed by atoms with E-state index in [0.29, 0.717) is 46.9 Å². The summed E-state index contributed by atoms with van der Waals surface area (Å²) in [6.45, 7) is 2.69. The number of likely N-dealkylation sites (N-methyl/N-ethyl adjacent to an activating group) is 1. The molecule has 33 heavy (non-hydrogen) atoms. The molecule has 3 aromatic heterocycles. The summed E-state index contributed by atoms with van der Waals surface area (Å²) in [4.78, 5) is 24.5. The molecule has 0 bridgehead atoms. The molecule has 1 aromatic carbocycles. The molecular formula is C25H24ClN5O2. The highest BCUT2D eigenvalue weighted by Crippen LogP contribution is 2.40. The Morgan fingerprint density at radius 3 is 2.79 bits per heavy atom. The number of pyridine rings is 2. The molecule has 1 amide bonds. The number of nitrogens with zero attached hydrogens (tertiary/aromatic N) is 5. The number of aromatic nitrogens is 4. The summed E-state index contributed by atoms with van der Waals surface area (Å²) >= 11 is 6.02. The fraction of sp³-hybridized carbons (Fsp3) is 0.280. The minimum absolute atomic E-state index is 0.0809. The molecule has 0 N–H and O–H groups in total. The minimum Gasteiger partial charge on any atom is -0.492 e. The number of aryl methyl sites for hydroxylation is 1. The second-order valence-electron chi connectivity index (χ2n) is 8.29. The Morgan fingerprint density at radius 2 is 2.06 bits per heavy atom. The average Bonchev–Trinajstić information content (AvgIpc) is 3.62. The fourth-order valence-corrected chi connectivity index (χ4v) is 4.05. The SMILES string of the molecule is Cc1nn(-c2ccccn2)c2nc(C3CC3)cc(C(=O)N(C)CCOc3cccc(Cl)c3)c12. The maximum Gasteiger partial charge on any atom is 0.254 e. The van der Waals surface area contributed by atoms with E-state index < -0.39 is 0 Å². The number of benzene rings is 1. The lowest BCUT2D eigenvalue weighted by Crippen LogP contribution is -2.31. The fourth-order valence-electron chi connectivity index (χ4n) is 3.87. The van der Waals surface area contributed by atoms with Crippen LogP contribution in [0.3, 0.4) is 0 Å². The number of rotatable bonds is 7. The molecule has 168 valence electrons. The van der Waals surface area contributed by atoms with Crippen LogP contribution >= 0.6 is 11.6 Å². The second-order valence-corrected chi connectivity index (χ2v) is 8.72. The molecule has 1 aliphatic carbocycles. The van der Waals surface area contributed by atoms with Crippen molar-refractivity contribution in [3.8, 4) is 11.6 Å². The molecule has 0 unspecified atom stereocenters. The van der Waals surface area contributed by atoms with Crippen molar-refractivity contribution in [2.45, 2.75) is 25.7 Å². The normalized spacial score (nSPS) is 13.3. The summed E-state index contributed by atoms with van der Waals surface area (Å²) in [5.74, 6) is 1.67. The Morgan fingerprint density at radius 1 is 1.21 bits per heavy atom. The largest absolute Gasteiger partial charge is 0.492 e. The molecule has 1 aliphatic rings. The van der Waals surface area contributed by atoms with Crippen molar-refractivity contribution in [2.24, 2.45) is 0 Å². The van der Waals surface area contributed by atoms with Gasteiger partial charge in [-0.2, -0.15) is 9.78 Å². The van der Waals surface area contributed by atoms with Crippen molar-refractivity contribution in [1.29, 1.82) is 0 Å². The van der Waals surface area contributed by atoms with Crippen molar-refractivity contribution in [1.82, 2.24) is 24.6 Å². The molecule has 0 atom stereocenters. The topological polar surface area (TPSA) is 73.1 Å². The average molecular weight is 462 g/mol. The van der Waals surface area contributed by atoms with Crippen LogP contribution in [0.15, 0.2) is 54.7 Å². The van der Waals surface area contributed by atoms with Crippen LogP contribution in [0.2, 0.25) is 5.02 Å². The van der Waals surface area contributed by atoms with E-state index in [9.17, 15) is 4.79 Å². The van der Waals surface area contributed by atoms with Gasteiger partial charge >= 0.3 is 0 Å². The van der Waals surface area contributed by atoms with Crippen molar-refractivity contribution in [3.63, 3.8) is 0 Å². The van der Waals surface area contributed by atoms with Gasteiger partial charge in [-0.15, -0.1) is 0 Å². The lowest BCUT2D eigenvalue weighted by atomic mass is 10.1. The molecule has 5 rings (SSSR count). The van der Waals surface area contributed by atoms with Gasteiger partial charge in [0.15, 0.2) is 11.5 Å². The van der Waals surface area contributed by atoms with Crippen LogP contribution in [0.4, 0.5) is 0 Å². The van der Waals surface area contributed by atoms with E-state index in [1.54, 1.807) is 35.0 Å². The summed E-state index contributed by atoms with van der Waals surface area (Å²) in [5, 5.41) is 6.05. The predicted octanol–water partition coefficient (Wildman–Crippen LogP) is 4.81. The maximum absolute atomic E-state index is 13.5. The first kappa shape index (κ1) is 21.4. The zero-order chi connectivity index (χ0) is 22.9. The van der Waals surface area contributed by atoms with Crippen LogP contribution in [0.5, 0.6) is 5.75 Å². The van der Waals surface area contributed by atoms with Crippen LogP contribution in [0.1, 0.15) is 40.5 Å². The van der Waals surface area contributed by atoms with E-state index in [2.05, 4.69) is 10.1 Å². The first-order valence-corrected chi connectivity index (χ1v) is 11.3. The van der Waals surface area contributed by atoms with Gasteiger partial charge in [0.1, 0.15) is 12.4 Å². The Kier molecular flexibility index (Phi) is 5.72. The third-order valence-electron chi connectivity index (χ3n) is 5.76. The predicted molar refractivity (Wildman–Crippen MR) is 127 cm³/mol. The van der Waals surface area contributed by atoms with E-state index in [1.165, 1.54) is 0 Å². The Labute approximate surface area is 197 Å². The van der Waals surface area contributed by atoms with Crippen LogP contribution in [-0.4, -0.2) is 50.8 Å². The van der Waals surface area contributed by atoms with Gasteiger partial charge in [0, 0.05) is 29.9 Å². The third kappa shape index (κ3) is 4.41. The lowest BCUT2D eigenvalue weighted by molar-refractivity contribution is 0.0775. The van der Waals surface area contributed by atoms with Crippen LogP contribution in [0, 0.1) is 6.92 Å². The number of fused-ring (bicyclic) bond motifs is 1. The number of ether oxygens (including phenoxy) is 1. The quantitative estimate of drug-likeness (QED) is 0.395. The van der Waals surface area contributed by atoms with E-state index in [1.807, 2.05) is 43.3 Å². The number of hydrogen-bond donors (Lipinski definition) is 0. The maximum atomic E-state index is 13.5. The molecule has 0 radical (unpaired) electrons. The van der Waals surface area contributed by atoms with Crippen molar-refractivity contribution in [2.75, 3.05) is 20.2 Å². The van der Waals surface area contributed by atoms with E-state index in [-0.39, 0.29) is 5.91 Å². The summed E-state index contributed by atoms with van der Waals surface area (Å²) in [6, 6.07) is 14.8. The molecule has 0 aliphatic heterocycles. The monoisotopic (exact) mass is 461 g/mol.